The van der Waals surface area contributed by atoms with Crippen molar-refractivity contribution in [3.05, 3.63) is 29.8 Å². The molecule has 1 rings (SSSR count). The highest BCUT2D eigenvalue weighted by atomic mass is 16.6. The molecular formula is C14H18O6. The fourth-order valence-corrected chi connectivity index (χ4v) is 1.39. The maximum atomic E-state index is 12.0. The quantitative estimate of drug-likeness (QED) is 0.369. The van der Waals surface area contributed by atoms with Crippen molar-refractivity contribution >= 4 is 11.8 Å². The monoisotopic (exact) mass is 282 g/mol. The Labute approximate surface area is 116 Å². The Hall–Kier alpha value is -1.92. The maximum Gasteiger partial charge on any atom is 0.375 e. The first kappa shape index (κ1) is 16.1. The lowest BCUT2D eigenvalue weighted by Crippen LogP contribution is -2.49. The van der Waals surface area contributed by atoms with E-state index in [0.29, 0.717) is 5.75 Å². The van der Waals surface area contributed by atoms with Crippen molar-refractivity contribution in [3.63, 3.8) is 0 Å². The van der Waals surface area contributed by atoms with Gasteiger partial charge in [-0.05, 0) is 45.0 Å². The lowest BCUT2D eigenvalue weighted by atomic mass is 10.0. The van der Waals surface area contributed by atoms with Crippen LogP contribution in [0.4, 0.5) is 0 Å². The number of carbonyl (C=O) groups excluding carboxylic acids is 2. The number of aliphatic hydroxyl groups is 2. The molecule has 0 bridgehead atoms. The summed E-state index contributed by atoms with van der Waals surface area (Å²) in [7, 11) is 1.46. The lowest BCUT2D eigenvalue weighted by molar-refractivity contribution is -0.202. The lowest BCUT2D eigenvalue weighted by Gasteiger charge is -2.25. The molecule has 0 aliphatic heterocycles. The van der Waals surface area contributed by atoms with E-state index in [4.69, 9.17) is 9.47 Å². The first-order valence-electron chi connectivity index (χ1n) is 5.95. The highest BCUT2D eigenvalue weighted by molar-refractivity contribution is 6.13. The molecule has 0 saturated heterocycles. The minimum atomic E-state index is -3.22. The first-order valence-corrected chi connectivity index (χ1v) is 5.95. The number of Topliss-reactive ketones (excluding diaryl/α,β-unsaturated/α-hetero) is 1. The smallest absolute Gasteiger partial charge is 0.375 e. The van der Waals surface area contributed by atoms with E-state index in [1.807, 2.05) is 0 Å². The van der Waals surface area contributed by atoms with E-state index < -0.39 is 23.1 Å². The van der Waals surface area contributed by atoms with E-state index in [0.717, 1.165) is 0 Å². The molecule has 20 heavy (non-hydrogen) atoms. The Bertz CT molecular complexity index is 495. The average Bonchev–Trinajstić information content (AvgIpc) is 2.36. The molecule has 0 aliphatic carbocycles. The Morgan fingerprint density at radius 2 is 1.55 bits per heavy atom. The zero-order valence-corrected chi connectivity index (χ0v) is 11.8. The first-order chi connectivity index (χ1) is 9.08. The van der Waals surface area contributed by atoms with Gasteiger partial charge in [0.25, 0.3) is 0 Å². The number of carbonyl (C=O) groups is 2. The van der Waals surface area contributed by atoms with Crippen LogP contribution in [0.25, 0.3) is 0 Å². The molecule has 1 aromatic carbocycles. The van der Waals surface area contributed by atoms with Gasteiger partial charge in [-0.25, -0.2) is 4.79 Å². The van der Waals surface area contributed by atoms with Crippen molar-refractivity contribution in [2.24, 2.45) is 0 Å². The molecule has 0 radical (unpaired) electrons. The summed E-state index contributed by atoms with van der Waals surface area (Å²) in [6.45, 7) is 4.66. The molecule has 0 aromatic heterocycles. The van der Waals surface area contributed by atoms with Gasteiger partial charge >= 0.3 is 11.8 Å². The van der Waals surface area contributed by atoms with Crippen LogP contribution in [-0.2, 0) is 9.53 Å². The number of rotatable bonds is 4. The van der Waals surface area contributed by atoms with Crippen LogP contribution in [0, 0.1) is 0 Å². The van der Waals surface area contributed by atoms with E-state index in [1.54, 1.807) is 20.8 Å². The second kappa shape index (κ2) is 5.60. The number of hydrogen-bond acceptors (Lipinski definition) is 6. The fraction of sp³-hybridized carbons (Fsp3) is 0.429. The van der Waals surface area contributed by atoms with Gasteiger partial charge in [0.05, 0.1) is 7.11 Å². The molecule has 2 N–H and O–H groups in total. The molecule has 0 fully saturated rings. The third kappa shape index (κ3) is 3.79. The summed E-state index contributed by atoms with van der Waals surface area (Å²) in [6.07, 6.45) is 0. The number of ether oxygens (including phenoxy) is 2. The molecule has 1 aromatic rings. The molecule has 0 aliphatic rings. The number of methoxy groups -OCH3 is 1. The van der Waals surface area contributed by atoms with Crippen molar-refractivity contribution in [3.8, 4) is 5.75 Å². The molecule has 6 nitrogen and oxygen atoms in total. The van der Waals surface area contributed by atoms with Crippen molar-refractivity contribution in [2.45, 2.75) is 32.2 Å². The van der Waals surface area contributed by atoms with Crippen LogP contribution in [0.3, 0.4) is 0 Å². The van der Waals surface area contributed by atoms with Gasteiger partial charge < -0.3 is 19.7 Å². The predicted molar refractivity (Wildman–Crippen MR) is 70.3 cm³/mol. The van der Waals surface area contributed by atoms with Gasteiger partial charge in [0, 0.05) is 5.56 Å². The van der Waals surface area contributed by atoms with Gasteiger partial charge in [-0.2, -0.15) is 0 Å². The van der Waals surface area contributed by atoms with Gasteiger partial charge in [0.2, 0.25) is 5.78 Å². The fourth-order valence-electron chi connectivity index (χ4n) is 1.39. The molecule has 0 amide bonds. The van der Waals surface area contributed by atoms with Gasteiger partial charge in [-0.15, -0.1) is 0 Å². The summed E-state index contributed by atoms with van der Waals surface area (Å²) in [6, 6.07) is 5.59. The largest absolute Gasteiger partial charge is 0.497 e. The van der Waals surface area contributed by atoms with Crippen molar-refractivity contribution in [1.82, 2.24) is 0 Å². The van der Waals surface area contributed by atoms with Crippen LogP contribution in [0.5, 0.6) is 5.75 Å². The van der Waals surface area contributed by atoms with Crippen LogP contribution < -0.4 is 4.74 Å². The predicted octanol–water partition coefficient (Wildman–Crippen LogP) is 0.900. The minimum absolute atomic E-state index is 0.0401. The molecule has 0 spiro atoms. The molecule has 0 heterocycles. The zero-order valence-electron chi connectivity index (χ0n) is 11.8. The van der Waals surface area contributed by atoms with Gasteiger partial charge in [0.1, 0.15) is 11.4 Å². The second-order valence-electron chi connectivity index (χ2n) is 5.23. The Morgan fingerprint density at radius 3 is 1.95 bits per heavy atom. The van der Waals surface area contributed by atoms with Crippen LogP contribution >= 0.6 is 0 Å². The highest BCUT2D eigenvalue weighted by Crippen LogP contribution is 2.19. The van der Waals surface area contributed by atoms with Crippen LogP contribution in [0.1, 0.15) is 31.1 Å². The van der Waals surface area contributed by atoms with Crippen LogP contribution in [-0.4, -0.2) is 40.5 Å². The van der Waals surface area contributed by atoms with Gasteiger partial charge in [-0.3, -0.25) is 4.79 Å². The highest BCUT2D eigenvalue weighted by Gasteiger charge is 2.45. The standard InChI is InChI=1S/C14H18O6/c1-13(2,3)20-12(16)14(17,18)11(15)9-5-7-10(19-4)8-6-9/h5-8,17-18H,1-4H3. The van der Waals surface area contributed by atoms with E-state index in [1.165, 1.54) is 31.4 Å². The molecule has 0 unspecified atom stereocenters. The average molecular weight is 282 g/mol. The summed E-state index contributed by atoms with van der Waals surface area (Å²) >= 11 is 0. The molecule has 0 saturated carbocycles. The Kier molecular flexibility index (Phi) is 4.52. The Morgan fingerprint density at radius 1 is 1.05 bits per heavy atom. The zero-order chi connectivity index (χ0) is 15.6. The van der Waals surface area contributed by atoms with E-state index in [9.17, 15) is 19.8 Å². The third-order valence-corrected chi connectivity index (χ3v) is 2.35. The summed E-state index contributed by atoms with van der Waals surface area (Å²) in [4.78, 5) is 23.6. The van der Waals surface area contributed by atoms with E-state index >= 15 is 0 Å². The molecular weight excluding hydrogens is 264 g/mol. The SMILES string of the molecule is COc1ccc(C(=O)C(O)(O)C(=O)OC(C)(C)C)cc1. The topological polar surface area (TPSA) is 93.1 Å². The van der Waals surface area contributed by atoms with Gasteiger partial charge in [-0.1, -0.05) is 0 Å². The molecule has 6 heteroatoms. The second-order valence-corrected chi connectivity index (χ2v) is 5.23. The Balaban J connectivity index is 2.95. The van der Waals surface area contributed by atoms with Crippen LogP contribution in [0.2, 0.25) is 0 Å². The van der Waals surface area contributed by atoms with E-state index in [-0.39, 0.29) is 5.56 Å². The van der Waals surface area contributed by atoms with Crippen LogP contribution in [0.15, 0.2) is 24.3 Å². The summed E-state index contributed by atoms with van der Waals surface area (Å²) in [5.41, 5.74) is -0.977. The minimum Gasteiger partial charge on any atom is -0.497 e. The summed E-state index contributed by atoms with van der Waals surface area (Å²) < 4.78 is 9.73. The summed E-state index contributed by atoms with van der Waals surface area (Å²) in [5.74, 6) is -5.29. The van der Waals surface area contributed by atoms with Gasteiger partial charge in [0.15, 0.2) is 0 Å². The molecule has 0 atom stereocenters. The summed E-state index contributed by atoms with van der Waals surface area (Å²) in [5, 5.41) is 19.4. The maximum absolute atomic E-state index is 12.0. The van der Waals surface area contributed by atoms with Crippen molar-refractivity contribution in [2.75, 3.05) is 7.11 Å². The number of esters is 1. The number of hydrogen-bond donors (Lipinski definition) is 2. The number of benzene rings is 1. The normalized spacial score (nSPS) is 11.9. The third-order valence-electron chi connectivity index (χ3n) is 2.35. The van der Waals surface area contributed by atoms with E-state index in [2.05, 4.69) is 0 Å². The van der Waals surface area contributed by atoms with Crippen molar-refractivity contribution < 1.29 is 29.3 Å². The molecule has 110 valence electrons. The van der Waals surface area contributed by atoms with Crippen molar-refractivity contribution in [1.29, 1.82) is 0 Å². The number of ketones is 1.